The molecule has 3 heteroatoms. The summed E-state index contributed by atoms with van der Waals surface area (Å²) < 4.78 is 12.8. The lowest BCUT2D eigenvalue weighted by molar-refractivity contribution is 0.535. The zero-order valence-electron chi connectivity index (χ0n) is 8.88. The van der Waals surface area contributed by atoms with Crippen LogP contribution in [0.3, 0.4) is 0 Å². The van der Waals surface area contributed by atoms with Gasteiger partial charge in [-0.3, -0.25) is 5.01 Å². The highest BCUT2D eigenvalue weighted by atomic mass is 19.1. The van der Waals surface area contributed by atoms with E-state index in [1.54, 1.807) is 12.1 Å². The second-order valence-electron chi connectivity index (χ2n) is 4.24. The average molecular weight is 216 g/mol. The van der Waals surface area contributed by atoms with Gasteiger partial charge in [-0.2, -0.15) is 5.10 Å². The molecule has 1 aliphatic heterocycles. The van der Waals surface area contributed by atoms with Gasteiger partial charge in [0.2, 0.25) is 0 Å². The SMILES string of the molecule is Fc1ccc(N2N=C[C@@H]3C=CCC[C@@H]32)cc1. The molecule has 16 heavy (non-hydrogen) atoms. The molecule has 2 aliphatic rings. The van der Waals surface area contributed by atoms with Crippen molar-refractivity contribution < 1.29 is 4.39 Å². The summed E-state index contributed by atoms with van der Waals surface area (Å²) in [6.07, 6.45) is 8.60. The second-order valence-corrected chi connectivity index (χ2v) is 4.24. The van der Waals surface area contributed by atoms with Crippen molar-refractivity contribution in [2.45, 2.75) is 18.9 Å². The van der Waals surface area contributed by atoms with Gasteiger partial charge < -0.3 is 0 Å². The van der Waals surface area contributed by atoms with Gasteiger partial charge in [-0.05, 0) is 37.1 Å². The van der Waals surface area contributed by atoms with Crippen LogP contribution in [0.4, 0.5) is 10.1 Å². The summed E-state index contributed by atoms with van der Waals surface area (Å²) in [5, 5.41) is 6.42. The van der Waals surface area contributed by atoms with E-state index >= 15 is 0 Å². The first-order chi connectivity index (χ1) is 7.84. The van der Waals surface area contributed by atoms with Gasteiger partial charge >= 0.3 is 0 Å². The number of benzene rings is 1. The van der Waals surface area contributed by atoms with Gasteiger partial charge in [0.15, 0.2) is 0 Å². The van der Waals surface area contributed by atoms with Gasteiger partial charge in [0.05, 0.1) is 11.7 Å². The predicted molar refractivity (Wildman–Crippen MR) is 63.0 cm³/mol. The van der Waals surface area contributed by atoms with Crippen molar-refractivity contribution in [2.75, 3.05) is 5.01 Å². The number of fused-ring (bicyclic) bond motifs is 1. The zero-order valence-corrected chi connectivity index (χ0v) is 8.88. The smallest absolute Gasteiger partial charge is 0.123 e. The molecule has 0 saturated heterocycles. The summed E-state index contributed by atoms with van der Waals surface area (Å²) >= 11 is 0. The van der Waals surface area contributed by atoms with E-state index in [1.165, 1.54) is 12.1 Å². The van der Waals surface area contributed by atoms with Gasteiger partial charge in [0.25, 0.3) is 0 Å². The molecular weight excluding hydrogens is 203 g/mol. The first-order valence-corrected chi connectivity index (χ1v) is 5.60. The van der Waals surface area contributed by atoms with Crippen LogP contribution in [0.1, 0.15) is 12.8 Å². The Bertz CT molecular complexity index is 436. The van der Waals surface area contributed by atoms with Crippen LogP contribution in [0.2, 0.25) is 0 Å². The summed E-state index contributed by atoms with van der Waals surface area (Å²) in [7, 11) is 0. The molecule has 82 valence electrons. The number of halogens is 1. The fourth-order valence-corrected chi connectivity index (χ4v) is 2.36. The highest BCUT2D eigenvalue weighted by Crippen LogP contribution is 2.31. The molecule has 0 unspecified atom stereocenters. The Kier molecular flexibility index (Phi) is 2.24. The van der Waals surface area contributed by atoms with E-state index in [2.05, 4.69) is 17.3 Å². The highest BCUT2D eigenvalue weighted by Gasteiger charge is 2.31. The van der Waals surface area contributed by atoms with Crippen LogP contribution in [-0.2, 0) is 0 Å². The molecule has 0 bridgehead atoms. The maximum atomic E-state index is 12.8. The first kappa shape index (κ1) is 9.58. The van der Waals surface area contributed by atoms with Gasteiger partial charge in [-0.25, -0.2) is 4.39 Å². The van der Waals surface area contributed by atoms with Gasteiger partial charge in [-0.15, -0.1) is 0 Å². The van der Waals surface area contributed by atoms with E-state index in [0.29, 0.717) is 12.0 Å². The lowest BCUT2D eigenvalue weighted by Gasteiger charge is -2.28. The highest BCUT2D eigenvalue weighted by molar-refractivity contribution is 5.72. The minimum atomic E-state index is -0.202. The van der Waals surface area contributed by atoms with E-state index in [0.717, 1.165) is 18.5 Å². The largest absolute Gasteiger partial charge is 0.262 e. The molecule has 0 amide bonds. The lowest BCUT2D eigenvalue weighted by atomic mass is 9.91. The number of hydrazone groups is 1. The maximum Gasteiger partial charge on any atom is 0.123 e. The number of allylic oxidation sites excluding steroid dienone is 1. The number of hydrogen-bond donors (Lipinski definition) is 0. The monoisotopic (exact) mass is 216 g/mol. The van der Waals surface area contributed by atoms with Crippen molar-refractivity contribution in [1.82, 2.24) is 0 Å². The molecule has 1 aromatic rings. The summed E-state index contributed by atoms with van der Waals surface area (Å²) in [5.74, 6) is 0.214. The van der Waals surface area contributed by atoms with Crippen molar-refractivity contribution in [3.63, 3.8) is 0 Å². The normalized spacial score (nSPS) is 27.2. The van der Waals surface area contributed by atoms with Gasteiger partial charge in [0, 0.05) is 12.1 Å². The second kappa shape index (κ2) is 3.74. The molecule has 0 saturated carbocycles. The Morgan fingerprint density at radius 1 is 1.25 bits per heavy atom. The summed E-state index contributed by atoms with van der Waals surface area (Å²) in [6, 6.07) is 6.95. The van der Waals surface area contributed by atoms with Crippen LogP contribution >= 0.6 is 0 Å². The van der Waals surface area contributed by atoms with Crippen LogP contribution < -0.4 is 5.01 Å². The minimum absolute atomic E-state index is 0.202. The maximum absolute atomic E-state index is 12.8. The number of rotatable bonds is 1. The summed E-state index contributed by atoms with van der Waals surface area (Å²) in [4.78, 5) is 0. The van der Waals surface area contributed by atoms with Crippen LogP contribution in [0.5, 0.6) is 0 Å². The van der Waals surface area contributed by atoms with E-state index in [1.807, 2.05) is 11.2 Å². The molecule has 1 aromatic carbocycles. The van der Waals surface area contributed by atoms with Crippen molar-refractivity contribution >= 4 is 11.9 Å². The Labute approximate surface area is 94.1 Å². The molecule has 3 rings (SSSR count). The van der Waals surface area contributed by atoms with E-state index < -0.39 is 0 Å². The van der Waals surface area contributed by atoms with Crippen molar-refractivity contribution in [2.24, 2.45) is 11.0 Å². The Morgan fingerprint density at radius 3 is 2.88 bits per heavy atom. The number of nitrogens with zero attached hydrogens (tertiary/aromatic N) is 2. The molecule has 2 nitrogen and oxygen atoms in total. The molecular formula is C13H13FN2. The molecule has 1 heterocycles. The first-order valence-electron chi connectivity index (χ1n) is 5.60. The molecule has 2 atom stereocenters. The van der Waals surface area contributed by atoms with Crippen molar-refractivity contribution in [3.05, 3.63) is 42.2 Å². The van der Waals surface area contributed by atoms with Crippen molar-refractivity contribution in [1.29, 1.82) is 0 Å². The van der Waals surface area contributed by atoms with Crippen LogP contribution in [-0.4, -0.2) is 12.3 Å². The van der Waals surface area contributed by atoms with Gasteiger partial charge in [0.1, 0.15) is 5.82 Å². The predicted octanol–water partition coefficient (Wildman–Crippen LogP) is 2.97. The molecule has 1 aliphatic carbocycles. The molecule has 0 fully saturated rings. The Balaban J connectivity index is 1.88. The molecule has 0 spiro atoms. The fourth-order valence-electron chi connectivity index (χ4n) is 2.36. The third-order valence-corrected chi connectivity index (χ3v) is 3.20. The van der Waals surface area contributed by atoms with Crippen LogP contribution in [0.25, 0.3) is 0 Å². The van der Waals surface area contributed by atoms with E-state index in [4.69, 9.17) is 0 Å². The zero-order chi connectivity index (χ0) is 11.0. The molecule has 0 N–H and O–H groups in total. The summed E-state index contributed by atoms with van der Waals surface area (Å²) in [5.41, 5.74) is 0.973. The third kappa shape index (κ3) is 1.52. The number of anilines is 1. The third-order valence-electron chi connectivity index (χ3n) is 3.20. The summed E-state index contributed by atoms with van der Waals surface area (Å²) in [6.45, 7) is 0. The topological polar surface area (TPSA) is 15.6 Å². The molecule has 0 radical (unpaired) electrons. The lowest BCUT2D eigenvalue weighted by Crippen LogP contribution is -2.32. The van der Waals surface area contributed by atoms with Crippen LogP contribution in [0.15, 0.2) is 41.5 Å². The van der Waals surface area contributed by atoms with E-state index in [-0.39, 0.29) is 5.82 Å². The van der Waals surface area contributed by atoms with E-state index in [9.17, 15) is 4.39 Å². The van der Waals surface area contributed by atoms with Gasteiger partial charge in [-0.1, -0.05) is 12.2 Å². The Morgan fingerprint density at radius 2 is 2.06 bits per heavy atom. The molecule has 0 aromatic heterocycles. The van der Waals surface area contributed by atoms with Crippen molar-refractivity contribution in [3.8, 4) is 0 Å². The Hall–Kier alpha value is -1.64. The quantitative estimate of drug-likeness (QED) is 0.659. The standard InChI is InChI=1S/C13H13FN2/c14-11-5-7-12(8-6-11)16-13-4-2-1-3-10(13)9-15-16/h1,3,5-10,13H,2,4H2/t10-,13-/m0/s1. The average Bonchev–Trinajstić information content (AvgIpc) is 2.74. The minimum Gasteiger partial charge on any atom is -0.262 e. The number of hydrogen-bond acceptors (Lipinski definition) is 2. The van der Waals surface area contributed by atoms with Crippen LogP contribution in [0, 0.1) is 11.7 Å². The fraction of sp³-hybridized carbons (Fsp3) is 0.308.